The van der Waals surface area contributed by atoms with Gasteiger partial charge in [0.1, 0.15) is 0 Å². The van der Waals surface area contributed by atoms with Crippen LogP contribution in [0, 0.1) is 5.41 Å². The molecule has 2 heteroatoms. The zero-order valence-electron chi connectivity index (χ0n) is 14.5. The predicted molar refractivity (Wildman–Crippen MR) is 104 cm³/mol. The molecule has 1 atom stereocenters. The summed E-state index contributed by atoms with van der Waals surface area (Å²) >= 11 is 2.38. The Labute approximate surface area is 150 Å². The predicted octanol–water partition coefficient (Wildman–Crippen LogP) is 4.53. The summed E-state index contributed by atoms with van der Waals surface area (Å²) in [6, 6.07) is 21.9. The molecule has 0 saturated heterocycles. The third kappa shape index (κ3) is 3.56. The van der Waals surface area contributed by atoms with Gasteiger partial charge in [-0.15, -0.1) is 0 Å². The van der Waals surface area contributed by atoms with Gasteiger partial charge in [-0.2, -0.15) is 0 Å². The van der Waals surface area contributed by atoms with Gasteiger partial charge in [0.15, 0.2) is 0 Å². The van der Waals surface area contributed by atoms with Gasteiger partial charge in [0.25, 0.3) is 0 Å². The molecule has 0 fully saturated rings. The summed E-state index contributed by atoms with van der Waals surface area (Å²) in [6.45, 7) is 6.88. The molecule has 2 aromatic carbocycles. The first-order chi connectivity index (χ1) is 10.9. The molecule has 23 heavy (non-hydrogen) atoms. The van der Waals surface area contributed by atoms with E-state index in [1.807, 2.05) is 0 Å². The van der Waals surface area contributed by atoms with E-state index in [0.717, 1.165) is 0 Å². The van der Waals surface area contributed by atoms with E-state index in [1.54, 1.807) is 0 Å². The fourth-order valence-electron chi connectivity index (χ4n) is 3.13. The van der Waals surface area contributed by atoms with E-state index in [1.165, 1.54) is 16.2 Å². The van der Waals surface area contributed by atoms with Gasteiger partial charge in [0.05, 0.1) is 0 Å². The van der Waals surface area contributed by atoms with Crippen LogP contribution in [0.1, 0.15) is 20.8 Å². The van der Waals surface area contributed by atoms with Gasteiger partial charge in [-0.3, -0.25) is 0 Å². The van der Waals surface area contributed by atoms with Gasteiger partial charge in [-0.25, -0.2) is 0 Å². The molecule has 0 nitrogen and oxygen atoms in total. The van der Waals surface area contributed by atoms with E-state index >= 15 is 0 Å². The normalized spacial score (nSPS) is 20.9. The Morgan fingerprint density at radius 1 is 0.826 bits per heavy atom. The van der Waals surface area contributed by atoms with Crippen LogP contribution in [0.4, 0.5) is 0 Å². The van der Waals surface area contributed by atoms with Crippen molar-refractivity contribution < 1.29 is 0 Å². The van der Waals surface area contributed by atoms with Crippen molar-refractivity contribution in [3.05, 3.63) is 84.5 Å². The van der Waals surface area contributed by atoms with Gasteiger partial charge < -0.3 is 0 Å². The SMILES string of the molecule is [Li][C]1(P(c2ccccc2)c2ccccc2)C=CC(C(C)(C)C)=C1. The topological polar surface area (TPSA) is 0 Å². The summed E-state index contributed by atoms with van der Waals surface area (Å²) in [6.07, 6.45) is 7.25. The fourth-order valence-corrected chi connectivity index (χ4v) is 5.98. The van der Waals surface area contributed by atoms with Crippen molar-refractivity contribution in [2.45, 2.75) is 24.6 Å². The van der Waals surface area contributed by atoms with Crippen LogP contribution < -0.4 is 10.6 Å². The quantitative estimate of drug-likeness (QED) is 0.577. The minimum absolute atomic E-state index is 0.0701. The summed E-state index contributed by atoms with van der Waals surface area (Å²) in [7, 11) is -0.471. The van der Waals surface area contributed by atoms with Crippen LogP contribution in [-0.4, -0.2) is 21.5 Å². The van der Waals surface area contributed by atoms with Gasteiger partial charge in [-0.05, 0) is 0 Å². The summed E-state index contributed by atoms with van der Waals surface area (Å²) in [5, 5.41) is 2.87. The van der Waals surface area contributed by atoms with Gasteiger partial charge in [-0.1, -0.05) is 0 Å². The Balaban J connectivity index is 2.11. The molecule has 0 radical (unpaired) electrons. The van der Waals surface area contributed by atoms with E-state index in [9.17, 15) is 0 Å². The molecule has 2 aromatic rings. The molecule has 1 aliphatic rings. The van der Waals surface area contributed by atoms with Gasteiger partial charge in [0, 0.05) is 0 Å². The van der Waals surface area contributed by atoms with E-state index in [0.29, 0.717) is 0 Å². The molecule has 0 saturated carbocycles. The number of benzene rings is 2. The molecule has 112 valence electrons. The van der Waals surface area contributed by atoms with Crippen molar-refractivity contribution in [2.75, 3.05) is 0 Å². The van der Waals surface area contributed by atoms with E-state index in [-0.39, 0.29) is 9.24 Å². The Hall–Kier alpha value is -1.05. The van der Waals surface area contributed by atoms with Gasteiger partial charge >= 0.3 is 151 Å². The first-order valence-electron chi connectivity index (χ1n) is 8.23. The Kier molecular flexibility index (Phi) is 4.71. The second-order valence-electron chi connectivity index (χ2n) is 7.42. The summed E-state index contributed by atoms with van der Waals surface area (Å²) in [5.74, 6) is 0. The summed E-state index contributed by atoms with van der Waals surface area (Å²) < 4.78 is 0.0701. The second-order valence-corrected chi connectivity index (χ2v) is 10.1. The van der Waals surface area contributed by atoms with Crippen molar-refractivity contribution in [3.63, 3.8) is 0 Å². The second kappa shape index (κ2) is 6.45. The number of rotatable bonds is 3. The van der Waals surface area contributed by atoms with E-state index < -0.39 is 7.92 Å². The third-order valence-corrected chi connectivity index (χ3v) is 7.30. The Bertz CT molecular complexity index is 686. The molecule has 1 aliphatic carbocycles. The molecular weight excluding hydrogens is 290 g/mol. The van der Waals surface area contributed by atoms with Crippen molar-refractivity contribution in [1.82, 2.24) is 0 Å². The molecule has 0 bridgehead atoms. The molecule has 3 rings (SSSR count). The molecule has 0 amide bonds. The van der Waals surface area contributed by atoms with Crippen molar-refractivity contribution in [2.24, 2.45) is 5.41 Å². The molecule has 0 aromatic heterocycles. The molecule has 0 aliphatic heterocycles. The van der Waals surface area contributed by atoms with Crippen LogP contribution in [0.3, 0.4) is 0 Å². The van der Waals surface area contributed by atoms with Crippen LogP contribution in [0.25, 0.3) is 0 Å². The number of hydrogen-bond acceptors (Lipinski definition) is 0. The average Bonchev–Trinajstić information content (AvgIpc) is 2.93. The van der Waals surface area contributed by atoms with Gasteiger partial charge in [0.2, 0.25) is 0 Å². The molecule has 0 spiro atoms. The average molecular weight is 312 g/mol. The Morgan fingerprint density at radius 3 is 1.70 bits per heavy atom. The van der Waals surface area contributed by atoms with E-state index in [2.05, 4.69) is 117 Å². The zero-order valence-corrected chi connectivity index (χ0v) is 15.3. The monoisotopic (exact) mass is 312 g/mol. The maximum absolute atomic E-state index is 2.50. The van der Waals surface area contributed by atoms with E-state index in [4.69, 9.17) is 0 Å². The molecule has 1 unspecified atom stereocenters. The van der Waals surface area contributed by atoms with Crippen LogP contribution >= 0.6 is 7.92 Å². The fraction of sp³-hybridized carbons (Fsp3) is 0.238. The van der Waals surface area contributed by atoms with Crippen LogP contribution in [0.5, 0.6) is 0 Å². The first kappa shape index (κ1) is 16.8. The molecule has 0 heterocycles. The van der Waals surface area contributed by atoms with Crippen molar-refractivity contribution in [3.8, 4) is 0 Å². The van der Waals surface area contributed by atoms with Crippen LogP contribution in [0.15, 0.2) is 84.5 Å². The summed E-state index contributed by atoms with van der Waals surface area (Å²) in [5.41, 5.74) is 1.64. The van der Waals surface area contributed by atoms with Crippen LogP contribution in [-0.2, 0) is 0 Å². The third-order valence-electron chi connectivity index (χ3n) is 4.42. The number of allylic oxidation sites excluding steroid dienone is 4. The summed E-state index contributed by atoms with van der Waals surface area (Å²) in [4.78, 5) is 0. The standard InChI is InChI=1S/C21H22P.Li/c1-21(2,3)17-14-15-20(16-17)22(18-10-6-4-7-11-18)19-12-8-5-9-13-19;/h4-16H,1-3H3;. The minimum atomic E-state index is -0.471. The van der Waals surface area contributed by atoms with Crippen molar-refractivity contribution in [1.29, 1.82) is 0 Å². The van der Waals surface area contributed by atoms with Crippen molar-refractivity contribution >= 4 is 36.2 Å². The molecule has 0 N–H and O–H groups in total. The van der Waals surface area contributed by atoms with Crippen LogP contribution in [0.2, 0.25) is 0 Å². The zero-order chi connectivity index (χ0) is 16.5. The first-order valence-corrected chi connectivity index (χ1v) is 9.57. The molecular formula is C21H22LiP. The Morgan fingerprint density at radius 2 is 1.30 bits per heavy atom. The maximum atomic E-state index is 2.50. The number of hydrogen-bond donors (Lipinski definition) is 0.